The highest BCUT2D eigenvalue weighted by atomic mass is 35.5. The van der Waals surface area contributed by atoms with Gasteiger partial charge in [-0.3, -0.25) is 4.79 Å². The lowest BCUT2D eigenvalue weighted by atomic mass is 10.2. The number of carbonyl (C=O) groups excluding carboxylic acids is 1. The molecule has 1 aromatic carbocycles. The van der Waals surface area contributed by atoms with Crippen molar-refractivity contribution in [1.29, 1.82) is 0 Å². The Morgan fingerprint density at radius 1 is 1.35 bits per heavy atom. The van der Waals surface area contributed by atoms with Crippen molar-refractivity contribution in [3.05, 3.63) is 28.2 Å². The van der Waals surface area contributed by atoms with E-state index in [-0.39, 0.29) is 24.7 Å². The smallest absolute Gasteiger partial charge is 0.260 e. The second-order valence-corrected chi connectivity index (χ2v) is 5.76. The predicted molar refractivity (Wildman–Crippen MR) is 78.5 cm³/mol. The number of rotatable bonds is 3. The topological polar surface area (TPSA) is 38.8 Å². The number of morpholine rings is 1. The van der Waals surface area contributed by atoms with Crippen LogP contribution in [0.2, 0.25) is 10.0 Å². The minimum atomic E-state index is -0.0713. The number of ether oxygens (including phenoxy) is 2. The first-order valence-corrected chi connectivity index (χ1v) is 7.22. The summed E-state index contributed by atoms with van der Waals surface area (Å²) in [6, 6.07) is 4.91. The first-order chi connectivity index (χ1) is 9.45. The summed E-state index contributed by atoms with van der Waals surface area (Å²) >= 11 is 11.8. The lowest BCUT2D eigenvalue weighted by molar-refractivity contribution is -0.145. The van der Waals surface area contributed by atoms with Gasteiger partial charge in [-0.05, 0) is 32.0 Å². The van der Waals surface area contributed by atoms with E-state index in [1.807, 2.05) is 13.8 Å². The quantitative estimate of drug-likeness (QED) is 0.860. The molecule has 1 aliphatic rings. The zero-order chi connectivity index (χ0) is 14.7. The van der Waals surface area contributed by atoms with E-state index >= 15 is 0 Å². The fraction of sp³-hybridized carbons (Fsp3) is 0.500. The zero-order valence-corrected chi connectivity index (χ0v) is 12.9. The summed E-state index contributed by atoms with van der Waals surface area (Å²) in [6.07, 6.45) is 0.0867. The maximum Gasteiger partial charge on any atom is 0.260 e. The number of hydrogen-bond acceptors (Lipinski definition) is 3. The Bertz CT molecular complexity index is 485. The molecule has 1 fully saturated rings. The molecule has 0 N–H and O–H groups in total. The number of nitrogens with zero attached hydrogens (tertiary/aromatic N) is 1. The maximum atomic E-state index is 12.1. The summed E-state index contributed by atoms with van der Waals surface area (Å²) in [5, 5.41) is 0.929. The summed E-state index contributed by atoms with van der Waals surface area (Å²) in [6.45, 7) is 5.03. The molecule has 1 heterocycles. The van der Waals surface area contributed by atoms with Crippen LogP contribution in [-0.2, 0) is 9.53 Å². The molecule has 0 radical (unpaired) electrons. The number of hydrogen-bond donors (Lipinski definition) is 0. The predicted octanol–water partition coefficient (Wildman–Crippen LogP) is 3.01. The molecule has 0 saturated carbocycles. The molecule has 1 aliphatic heterocycles. The molecule has 0 bridgehead atoms. The monoisotopic (exact) mass is 317 g/mol. The van der Waals surface area contributed by atoms with Gasteiger partial charge >= 0.3 is 0 Å². The second-order valence-electron chi connectivity index (χ2n) is 4.92. The molecule has 110 valence electrons. The molecule has 20 heavy (non-hydrogen) atoms. The minimum Gasteiger partial charge on any atom is -0.482 e. The first-order valence-electron chi connectivity index (χ1n) is 6.47. The molecule has 0 aliphatic carbocycles. The van der Waals surface area contributed by atoms with Crippen LogP contribution in [-0.4, -0.2) is 42.7 Å². The molecule has 0 aromatic heterocycles. The number of amides is 1. The van der Waals surface area contributed by atoms with Gasteiger partial charge in [-0.25, -0.2) is 0 Å². The Morgan fingerprint density at radius 3 is 2.60 bits per heavy atom. The largest absolute Gasteiger partial charge is 0.482 e. The summed E-state index contributed by atoms with van der Waals surface area (Å²) in [5.74, 6) is 0.386. The van der Waals surface area contributed by atoms with Crippen LogP contribution in [0.4, 0.5) is 0 Å². The van der Waals surface area contributed by atoms with Crippen molar-refractivity contribution in [2.24, 2.45) is 0 Å². The molecule has 4 nitrogen and oxygen atoms in total. The normalized spacial score (nSPS) is 22.7. The molecule has 1 saturated heterocycles. The third-order valence-corrected chi connectivity index (χ3v) is 3.55. The molecule has 1 amide bonds. The van der Waals surface area contributed by atoms with Crippen LogP contribution in [0, 0.1) is 0 Å². The van der Waals surface area contributed by atoms with E-state index in [9.17, 15) is 4.79 Å². The van der Waals surface area contributed by atoms with Crippen LogP contribution in [0.1, 0.15) is 13.8 Å². The Labute approximate surface area is 128 Å². The molecule has 0 spiro atoms. The standard InChI is InChI=1S/C14H17Cl2NO3/c1-9-6-17(7-10(2)20-9)14(18)8-19-13-4-3-11(15)5-12(13)16/h3-5,9-10H,6-8H2,1-2H3/t9-,10+. The van der Waals surface area contributed by atoms with Crippen LogP contribution in [0.5, 0.6) is 5.75 Å². The van der Waals surface area contributed by atoms with Gasteiger partial charge in [-0.1, -0.05) is 23.2 Å². The Hall–Kier alpha value is -0.970. The third-order valence-electron chi connectivity index (χ3n) is 3.02. The van der Waals surface area contributed by atoms with E-state index in [4.69, 9.17) is 32.7 Å². The van der Waals surface area contributed by atoms with Crippen molar-refractivity contribution < 1.29 is 14.3 Å². The van der Waals surface area contributed by atoms with Gasteiger partial charge in [-0.2, -0.15) is 0 Å². The van der Waals surface area contributed by atoms with Crippen molar-refractivity contribution in [2.75, 3.05) is 19.7 Å². The average Bonchev–Trinajstić information content (AvgIpc) is 2.36. The molecular weight excluding hydrogens is 301 g/mol. The number of halogens is 2. The van der Waals surface area contributed by atoms with E-state index in [0.717, 1.165) is 0 Å². The van der Waals surface area contributed by atoms with Crippen LogP contribution >= 0.6 is 23.2 Å². The van der Waals surface area contributed by atoms with Crippen molar-refractivity contribution in [2.45, 2.75) is 26.1 Å². The van der Waals surface area contributed by atoms with Gasteiger partial charge in [0.1, 0.15) is 5.75 Å². The van der Waals surface area contributed by atoms with Gasteiger partial charge < -0.3 is 14.4 Å². The van der Waals surface area contributed by atoms with Crippen molar-refractivity contribution in [1.82, 2.24) is 4.90 Å². The highest BCUT2D eigenvalue weighted by Gasteiger charge is 2.26. The lowest BCUT2D eigenvalue weighted by Gasteiger charge is -2.35. The van der Waals surface area contributed by atoms with Crippen LogP contribution in [0.15, 0.2) is 18.2 Å². The lowest BCUT2D eigenvalue weighted by Crippen LogP contribution is -2.49. The van der Waals surface area contributed by atoms with E-state index in [1.165, 1.54) is 0 Å². The van der Waals surface area contributed by atoms with E-state index in [2.05, 4.69) is 0 Å². The van der Waals surface area contributed by atoms with Crippen molar-refractivity contribution in [3.8, 4) is 5.75 Å². The molecule has 6 heteroatoms. The fourth-order valence-electron chi connectivity index (χ4n) is 2.20. The van der Waals surface area contributed by atoms with Crippen LogP contribution in [0.3, 0.4) is 0 Å². The summed E-state index contributed by atoms with van der Waals surface area (Å²) in [5.41, 5.74) is 0. The van der Waals surface area contributed by atoms with Gasteiger partial charge in [-0.15, -0.1) is 0 Å². The highest BCUT2D eigenvalue weighted by molar-refractivity contribution is 6.35. The zero-order valence-electron chi connectivity index (χ0n) is 11.4. The molecule has 2 atom stereocenters. The molecule has 1 aromatic rings. The number of benzene rings is 1. The number of carbonyl (C=O) groups is 1. The van der Waals surface area contributed by atoms with Crippen molar-refractivity contribution in [3.63, 3.8) is 0 Å². The SMILES string of the molecule is C[C@@H]1CN(C(=O)COc2ccc(Cl)cc2Cl)C[C@H](C)O1. The first kappa shape index (κ1) is 15.4. The van der Waals surface area contributed by atoms with Gasteiger partial charge in [0.05, 0.1) is 17.2 Å². The Kier molecular flexibility index (Phi) is 5.13. The Morgan fingerprint density at radius 2 is 2.00 bits per heavy atom. The molecule has 2 rings (SSSR count). The van der Waals surface area contributed by atoms with Crippen LogP contribution < -0.4 is 4.74 Å². The van der Waals surface area contributed by atoms with E-state index in [0.29, 0.717) is 28.9 Å². The fourth-order valence-corrected chi connectivity index (χ4v) is 2.67. The minimum absolute atomic E-state index is 0.0409. The second kappa shape index (κ2) is 6.66. The average molecular weight is 318 g/mol. The third kappa shape index (κ3) is 4.01. The van der Waals surface area contributed by atoms with Gasteiger partial charge in [0.2, 0.25) is 0 Å². The van der Waals surface area contributed by atoms with Gasteiger partial charge in [0, 0.05) is 18.1 Å². The highest BCUT2D eigenvalue weighted by Crippen LogP contribution is 2.27. The molecule has 0 unspecified atom stereocenters. The van der Waals surface area contributed by atoms with Crippen LogP contribution in [0.25, 0.3) is 0 Å². The summed E-state index contributed by atoms with van der Waals surface area (Å²) in [7, 11) is 0. The van der Waals surface area contributed by atoms with E-state index in [1.54, 1.807) is 23.1 Å². The Balaban J connectivity index is 1.91. The molecular formula is C14H17Cl2NO3. The van der Waals surface area contributed by atoms with Crippen molar-refractivity contribution >= 4 is 29.1 Å². The van der Waals surface area contributed by atoms with Gasteiger partial charge in [0.15, 0.2) is 6.61 Å². The summed E-state index contributed by atoms with van der Waals surface area (Å²) < 4.78 is 11.0. The van der Waals surface area contributed by atoms with Gasteiger partial charge in [0.25, 0.3) is 5.91 Å². The van der Waals surface area contributed by atoms with E-state index < -0.39 is 0 Å². The maximum absolute atomic E-state index is 12.1. The summed E-state index contributed by atoms with van der Waals surface area (Å²) in [4.78, 5) is 13.9.